The van der Waals surface area contributed by atoms with E-state index in [4.69, 9.17) is 14.2 Å². The van der Waals surface area contributed by atoms with Crippen LogP contribution in [0.1, 0.15) is 11.1 Å². The van der Waals surface area contributed by atoms with Crippen LogP contribution >= 0.6 is 0 Å². The van der Waals surface area contributed by atoms with E-state index >= 15 is 0 Å². The maximum Gasteiger partial charge on any atom is 0.123 e. The average Bonchev–Trinajstić information content (AvgIpc) is 2.38. The van der Waals surface area contributed by atoms with Crippen molar-refractivity contribution in [1.82, 2.24) is 5.32 Å². The van der Waals surface area contributed by atoms with Crippen molar-refractivity contribution in [2.45, 2.75) is 19.6 Å². The van der Waals surface area contributed by atoms with E-state index < -0.39 is 0 Å². The van der Waals surface area contributed by atoms with Crippen molar-refractivity contribution >= 4 is 0 Å². The summed E-state index contributed by atoms with van der Waals surface area (Å²) in [4.78, 5) is 0. The van der Waals surface area contributed by atoms with Crippen molar-refractivity contribution in [2.75, 3.05) is 34.5 Å². The van der Waals surface area contributed by atoms with Gasteiger partial charge in [-0.15, -0.1) is 0 Å². The van der Waals surface area contributed by atoms with Crippen molar-refractivity contribution in [3.8, 4) is 5.75 Å². The summed E-state index contributed by atoms with van der Waals surface area (Å²) in [6.07, 6.45) is 0.0748. The molecule has 0 fully saturated rings. The van der Waals surface area contributed by atoms with Crippen molar-refractivity contribution < 1.29 is 14.2 Å². The Labute approximate surface area is 109 Å². The lowest BCUT2D eigenvalue weighted by molar-refractivity contribution is 0.0287. The number of nitrogens with one attached hydrogen (secondary N) is 1. The van der Waals surface area contributed by atoms with Gasteiger partial charge in [-0.3, -0.25) is 0 Å². The van der Waals surface area contributed by atoms with E-state index in [2.05, 4.69) is 18.3 Å². The number of hydrogen-bond donors (Lipinski definition) is 1. The third kappa shape index (κ3) is 4.64. The Hall–Kier alpha value is -1.10. The highest BCUT2D eigenvalue weighted by Gasteiger charge is 2.07. The van der Waals surface area contributed by atoms with E-state index in [1.165, 1.54) is 5.56 Å². The van der Waals surface area contributed by atoms with E-state index in [0.29, 0.717) is 6.61 Å². The van der Waals surface area contributed by atoms with E-state index in [9.17, 15) is 0 Å². The summed E-state index contributed by atoms with van der Waals surface area (Å²) in [6, 6.07) is 6.17. The zero-order valence-corrected chi connectivity index (χ0v) is 11.7. The molecule has 0 spiro atoms. The number of aryl methyl sites for hydroxylation is 1. The molecule has 0 radical (unpaired) electrons. The van der Waals surface area contributed by atoms with E-state index in [0.717, 1.165) is 24.4 Å². The molecule has 0 aromatic heterocycles. The second-order valence-corrected chi connectivity index (χ2v) is 4.26. The molecule has 0 aliphatic carbocycles. The highest BCUT2D eigenvalue weighted by Crippen LogP contribution is 2.19. The second kappa shape index (κ2) is 8.08. The highest BCUT2D eigenvalue weighted by molar-refractivity contribution is 5.36. The fourth-order valence-electron chi connectivity index (χ4n) is 1.81. The minimum Gasteiger partial charge on any atom is -0.496 e. The van der Waals surface area contributed by atoms with E-state index in [1.807, 2.05) is 12.1 Å². The average molecular weight is 253 g/mol. The number of rotatable bonds is 8. The molecule has 4 heteroatoms. The Bertz CT molecular complexity index is 355. The lowest BCUT2D eigenvalue weighted by atomic mass is 10.1. The molecule has 0 bridgehead atoms. The predicted molar refractivity (Wildman–Crippen MR) is 72.1 cm³/mol. The lowest BCUT2D eigenvalue weighted by Crippen LogP contribution is -2.31. The van der Waals surface area contributed by atoms with Crippen LogP contribution in [0.3, 0.4) is 0 Å². The summed E-state index contributed by atoms with van der Waals surface area (Å²) in [7, 11) is 5.06. The van der Waals surface area contributed by atoms with Gasteiger partial charge in [0, 0.05) is 32.9 Å². The van der Waals surface area contributed by atoms with Crippen molar-refractivity contribution in [3.63, 3.8) is 0 Å². The van der Waals surface area contributed by atoms with Crippen LogP contribution in [0.15, 0.2) is 18.2 Å². The third-order valence-corrected chi connectivity index (χ3v) is 2.81. The molecule has 0 aliphatic heterocycles. The van der Waals surface area contributed by atoms with Gasteiger partial charge in [0.05, 0.1) is 19.8 Å². The smallest absolute Gasteiger partial charge is 0.123 e. The quantitative estimate of drug-likeness (QED) is 0.766. The zero-order valence-electron chi connectivity index (χ0n) is 11.7. The number of hydrogen-bond acceptors (Lipinski definition) is 4. The normalized spacial score (nSPS) is 12.4. The van der Waals surface area contributed by atoms with Crippen LogP contribution in [0, 0.1) is 6.92 Å². The molecular weight excluding hydrogens is 230 g/mol. The Kier molecular flexibility index (Phi) is 6.72. The Morgan fingerprint density at radius 2 is 2.00 bits per heavy atom. The first kappa shape index (κ1) is 15.0. The maximum absolute atomic E-state index is 5.34. The summed E-state index contributed by atoms with van der Waals surface area (Å²) in [5.74, 6) is 0.911. The minimum atomic E-state index is 0.0748. The maximum atomic E-state index is 5.34. The molecular formula is C14H23NO3. The SMILES string of the molecule is COCC(CNCc1cc(C)ccc1OC)OC. The predicted octanol–water partition coefficient (Wildman–Crippen LogP) is 1.75. The Balaban J connectivity index is 2.49. The van der Waals surface area contributed by atoms with Gasteiger partial charge in [-0.25, -0.2) is 0 Å². The summed E-state index contributed by atoms with van der Waals surface area (Å²) >= 11 is 0. The van der Waals surface area contributed by atoms with Crippen molar-refractivity contribution in [3.05, 3.63) is 29.3 Å². The fourth-order valence-corrected chi connectivity index (χ4v) is 1.81. The molecule has 1 rings (SSSR count). The molecule has 4 nitrogen and oxygen atoms in total. The highest BCUT2D eigenvalue weighted by atomic mass is 16.5. The summed E-state index contributed by atoms with van der Waals surface area (Å²) in [5, 5.41) is 3.35. The van der Waals surface area contributed by atoms with Crippen LogP contribution in [0.4, 0.5) is 0 Å². The van der Waals surface area contributed by atoms with Gasteiger partial charge >= 0.3 is 0 Å². The number of methoxy groups -OCH3 is 3. The van der Waals surface area contributed by atoms with E-state index in [1.54, 1.807) is 21.3 Å². The lowest BCUT2D eigenvalue weighted by Gasteiger charge is -2.16. The number of benzene rings is 1. The first-order valence-corrected chi connectivity index (χ1v) is 6.07. The molecule has 0 saturated heterocycles. The van der Waals surface area contributed by atoms with Crippen molar-refractivity contribution in [2.24, 2.45) is 0 Å². The van der Waals surface area contributed by atoms with Gasteiger partial charge in [0.15, 0.2) is 0 Å². The first-order chi connectivity index (χ1) is 8.71. The van der Waals surface area contributed by atoms with Gasteiger partial charge in [0.1, 0.15) is 5.75 Å². The summed E-state index contributed by atoms with van der Waals surface area (Å²) in [6.45, 7) is 4.18. The molecule has 102 valence electrons. The van der Waals surface area contributed by atoms with Crippen LogP contribution in [0.2, 0.25) is 0 Å². The second-order valence-electron chi connectivity index (χ2n) is 4.26. The molecule has 0 saturated carbocycles. The molecule has 1 aromatic rings. The van der Waals surface area contributed by atoms with Gasteiger partial charge in [-0.05, 0) is 13.0 Å². The van der Waals surface area contributed by atoms with E-state index in [-0.39, 0.29) is 6.10 Å². The molecule has 0 aliphatic rings. The fraction of sp³-hybridized carbons (Fsp3) is 0.571. The topological polar surface area (TPSA) is 39.7 Å². The van der Waals surface area contributed by atoms with Crippen LogP contribution < -0.4 is 10.1 Å². The molecule has 0 heterocycles. The third-order valence-electron chi connectivity index (χ3n) is 2.81. The Morgan fingerprint density at radius 3 is 2.61 bits per heavy atom. The van der Waals surface area contributed by atoms with Crippen LogP contribution in [0.5, 0.6) is 5.75 Å². The van der Waals surface area contributed by atoms with Gasteiger partial charge in [-0.1, -0.05) is 17.7 Å². The summed E-state index contributed by atoms with van der Waals surface area (Å²) < 4.78 is 15.7. The van der Waals surface area contributed by atoms with Gasteiger partial charge in [-0.2, -0.15) is 0 Å². The molecule has 0 amide bonds. The number of ether oxygens (including phenoxy) is 3. The van der Waals surface area contributed by atoms with Gasteiger partial charge < -0.3 is 19.5 Å². The monoisotopic (exact) mass is 253 g/mol. The molecule has 18 heavy (non-hydrogen) atoms. The van der Waals surface area contributed by atoms with Crippen LogP contribution in [-0.4, -0.2) is 40.6 Å². The molecule has 1 aromatic carbocycles. The molecule has 1 N–H and O–H groups in total. The first-order valence-electron chi connectivity index (χ1n) is 6.07. The van der Waals surface area contributed by atoms with Gasteiger partial charge in [0.25, 0.3) is 0 Å². The zero-order chi connectivity index (χ0) is 13.4. The van der Waals surface area contributed by atoms with Crippen molar-refractivity contribution in [1.29, 1.82) is 0 Å². The van der Waals surface area contributed by atoms with Crippen LogP contribution in [0.25, 0.3) is 0 Å². The molecule has 1 unspecified atom stereocenters. The largest absolute Gasteiger partial charge is 0.496 e. The minimum absolute atomic E-state index is 0.0748. The Morgan fingerprint density at radius 1 is 1.22 bits per heavy atom. The standard InChI is InChI=1S/C14H23NO3/c1-11-5-6-14(18-4)12(7-11)8-15-9-13(17-3)10-16-2/h5-7,13,15H,8-10H2,1-4H3. The van der Waals surface area contributed by atoms with Crippen LogP contribution in [-0.2, 0) is 16.0 Å². The summed E-state index contributed by atoms with van der Waals surface area (Å²) in [5.41, 5.74) is 2.39. The van der Waals surface area contributed by atoms with Gasteiger partial charge in [0.2, 0.25) is 0 Å². The molecule has 1 atom stereocenters.